The van der Waals surface area contributed by atoms with Crippen molar-refractivity contribution in [3.05, 3.63) is 42.5 Å². The zero-order valence-corrected chi connectivity index (χ0v) is 19.2. The smallest absolute Gasteiger partial charge is 0.294 e. The molecule has 0 spiro atoms. The van der Waals surface area contributed by atoms with Crippen molar-refractivity contribution in [2.45, 2.75) is 14.7 Å². The predicted molar refractivity (Wildman–Crippen MR) is 119 cm³/mol. The molecule has 0 aromatic heterocycles. The lowest BCUT2D eigenvalue weighted by molar-refractivity contribution is -0.432. The molecule has 0 bridgehead atoms. The molecule has 0 saturated carbocycles. The van der Waals surface area contributed by atoms with E-state index in [1.54, 1.807) is 0 Å². The van der Waals surface area contributed by atoms with E-state index in [2.05, 4.69) is 35.1 Å². The first kappa shape index (κ1) is 25.2. The van der Waals surface area contributed by atoms with Crippen LogP contribution >= 0.6 is 12.0 Å². The Balaban J connectivity index is 2.12. The zero-order chi connectivity index (χ0) is 24.4. The number of fused-ring (bicyclic) bond motifs is 1. The van der Waals surface area contributed by atoms with Crippen molar-refractivity contribution in [2.75, 3.05) is 5.73 Å². The Hall–Kier alpha value is -2.45. The van der Waals surface area contributed by atoms with Crippen LogP contribution in [0.5, 0.6) is 5.75 Å². The van der Waals surface area contributed by atoms with E-state index in [1.165, 1.54) is 30.3 Å². The van der Waals surface area contributed by atoms with Crippen LogP contribution in [0.15, 0.2) is 67.4 Å². The normalized spacial score (nSPS) is 14.0. The van der Waals surface area contributed by atoms with Crippen LogP contribution in [0, 0.1) is 0 Å². The van der Waals surface area contributed by atoms with Gasteiger partial charge in [0, 0.05) is 22.3 Å². The number of phenolic OH excluding ortho intramolecular Hbond substituents is 1. The fraction of sp³-hybridized carbons (Fsp3) is 0. The lowest BCUT2D eigenvalue weighted by Crippen LogP contribution is -2.00. The molecule has 3 rings (SSSR count). The SMILES string of the molecule is Nc1cc(S(=O)(=O)O)cc2cc(SOOO)c(N=Nc3ccc(S(=O)(=S)OO)cc3)c(O)c12. The Morgan fingerprint density at radius 3 is 2.24 bits per heavy atom. The number of hydrogen-bond acceptors (Lipinski definition) is 14. The summed E-state index contributed by atoms with van der Waals surface area (Å²) in [5, 5.41) is 39.4. The molecule has 0 saturated heterocycles. The summed E-state index contributed by atoms with van der Waals surface area (Å²) < 4.78 is 52.2. The molecule has 0 aliphatic rings. The first-order valence-electron chi connectivity index (χ1n) is 8.29. The lowest BCUT2D eigenvalue weighted by Gasteiger charge is -2.12. The molecular formula is C16H13N3O10S4. The van der Waals surface area contributed by atoms with Gasteiger partial charge in [0.2, 0.25) is 8.77 Å². The van der Waals surface area contributed by atoms with Gasteiger partial charge < -0.3 is 10.8 Å². The Labute approximate surface area is 195 Å². The third-order valence-corrected chi connectivity index (χ3v) is 7.35. The first-order chi connectivity index (χ1) is 15.5. The summed E-state index contributed by atoms with van der Waals surface area (Å²) in [6.07, 6.45) is 0. The largest absolute Gasteiger partial charge is 0.505 e. The van der Waals surface area contributed by atoms with Crippen molar-refractivity contribution in [3.8, 4) is 5.75 Å². The van der Waals surface area contributed by atoms with Crippen LogP contribution in [0.4, 0.5) is 17.1 Å². The highest BCUT2D eigenvalue weighted by Crippen LogP contribution is 2.46. The number of anilines is 1. The number of aromatic hydroxyl groups is 1. The van der Waals surface area contributed by atoms with Crippen LogP contribution in [-0.2, 0) is 43.8 Å². The molecule has 3 aromatic carbocycles. The molecule has 0 aliphatic carbocycles. The number of nitrogen functional groups attached to an aromatic ring is 1. The fourth-order valence-electron chi connectivity index (χ4n) is 2.68. The number of nitrogens with two attached hydrogens (primary N) is 1. The summed E-state index contributed by atoms with van der Waals surface area (Å²) >= 11 is 5.02. The average Bonchev–Trinajstić information content (AvgIpc) is 2.76. The molecule has 3 aromatic rings. The van der Waals surface area contributed by atoms with Crippen LogP contribution in [-0.4, -0.2) is 32.8 Å². The molecule has 0 fully saturated rings. The van der Waals surface area contributed by atoms with Crippen molar-refractivity contribution in [2.24, 2.45) is 10.2 Å². The molecule has 0 amide bonds. The van der Waals surface area contributed by atoms with Crippen LogP contribution in [0.1, 0.15) is 0 Å². The van der Waals surface area contributed by atoms with Crippen molar-refractivity contribution < 1.29 is 46.5 Å². The van der Waals surface area contributed by atoms with Crippen molar-refractivity contribution in [1.82, 2.24) is 0 Å². The number of hydrogen-bond donors (Lipinski definition) is 5. The molecular weight excluding hydrogens is 522 g/mol. The topological polar surface area (TPSA) is 211 Å². The van der Waals surface area contributed by atoms with Crippen LogP contribution in [0.25, 0.3) is 10.8 Å². The Morgan fingerprint density at radius 2 is 1.67 bits per heavy atom. The summed E-state index contributed by atoms with van der Waals surface area (Å²) in [7, 11) is -8.10. The Morgan fingerprint density at radius 1 is 1.00 bits per heavy atom. The van der Waals surface area contributed by atoms with E-state index >= 15 is 0 Å². The number of phenols is 1. The summed E-state index contributed by atoms with van der Waals surface area (Å²) in [5.41, 5.74) is 5.71. The van der Waals surface area contributed by atoms with Crippen LogP contribution in [0.3, 0.4) is 0 Å². The molecule has 0 heterocycles. The van der Waals surface area contributed by atoms with Gasteiger partial charge in [-0.1, -0.05) is 5.04 Å². The van der Waals surface area contributed by atoms with Gasteiger partial charge in [0.1, 0.15) is 5.69 Å². The van der Waals surface area contributed by atoms with E-state index in [4.69, 9.17) is 16.2 Å². The van der Waals surface area contributed by atoms with Crippen molar-refractivity contribution in [3.63, 3.8) is 0 Å². The van der Waals surface area contributed by atoms with Gasteiger partial charge in [-0.2, -0.15) is 13.5 Å². The maximum absolute atomic E-state index is 11.8. The number of azo groups is 1. The number of benzene rings is 3. The maximum atomic E-state index is 11.8. The van der Waals surface area contributed by atoms with Gasteiger partial charge in [0.05, 0.1) is 32.4 Å². The first-order valence-corrected chi connectivity index (χ1v) is 12.9. The van der Waals surface area contributed by atoms with E-state index in [-0.39, 0.29) is 37.6 Å². The Kier molecular flexibility index (Phi) is 7.49. The molecule has 33 heavy (non-hydrogen) atoms. The number of nitrogens with zero attached hydrogens (tertiary/aromatic N) is 2. The zero-order valence-electron chi connectivity index (χ0n) is 15.9. The Bertz CT molecular complexity index is 1440. The van der Waals surface area contributed by atoms with Gasteiger partial charge >= 0.3 is 0 Å². The fourth-order valence-corrected chi connectivity index (χ4v) is 4.62. The number of rotatable bonds is 8. The summed E-state index contributed by atoms with van der Waals surface area (Å²) in [4.78, 5) is -0.481. The highest BCUT2D eigenvalue weighted by Gasteiger charge is 2.20. The van der Waals surface area contributed by atoms with Crippen LogP contribution < -0.4 is 5.73 Å². The maximum Gasteiger partial charge on any atom is 0.294 e. The van der Waals surface area contributed by atoms with E-state index in [1.807, 2.05) is 0 Å². The second-order valence-corrected chi connectivity index (χ2v) is 11.1. The molecule has 0 radical (unpaired) electrons. The van der Waals surface area contributed by atoms with E-state index in [9.17, 15) is 22.3 Å². The summed E-state index contributed by atoms with van der Waals surface area (Å²) in [5.74, 6) is -0.515. The monoisotopic (exact) mass is 535 g/mol. The van der Waals surface area contributed by atoms with Crippen LogP contribution in [0.2, 0.25) is 0 Å². The van der Waals surface area contributed by atoms with E-state index < -0.39 is 29.5 Å². The quantitative estimate of drug-likeness (QED) is 0.0695. The van der Waals surface area contributed by atoms with Crippen molar-refractivity contribution >= 4 is 70.0 Å². The van der Waals surface area contributed by atoms with Gasteiger partial charge in [-0.05, 0) is 47.9 Å². The molecule has 13 nitrogen and oxygen atoms in total. The van der Waals surface area contributed by atoms with Gasteiger partial charge in [0.25, 0.3) is 10.1 Å². The van der Waals surface area contributed by atoms with E-state index in [0.29, 0.717) is 12.0 Å². The third-order valence-electron chi connectivity index (χ3n) is 4.10. The molecule has 17 heteroatoms. The molecule has 1 unspecified atom stereocenters. The van der Waals surface area contributed by atoms with E-state index in [0.717, 1.165) is 12.1 Å². The minimum Gasteiger partial charge on any atom is -0.505 e. The average molecular weight is 536 g/mol. The molecule has 6 N–H and O–H groups in total. The van der Waals surface area contributed by atoms with Gasteiger partial charge in [-0.3, -0.25) is 4.55 Å². The van der Waals surface area contributed by atoms with Gasteiger partial charge in [0.15, 0.2) is 5.75 Å². The second-order valence-electron chi connectivity index (χ2n) is 6.11. The third kappa shape index (κ3) is 5.55. The lowest BCUT2D eigenvalue weighted by atomic mass is 10.1. The van der Waals surface area contributed by atoms with Crippen molar-refractivity contribution in [1.29, 1.82) is 0 Å². The standard InChI is InChI=1S/C16H13N3O10S4/c17-12-7-11(32(23,24)25)5-8-6-13(31-29-27-21)15(16(20)14(8)12)19-18-9-1-3-10(4-2-9)33(26,30)28-22/h1-7,20-22H,17H2,(H,23,24,25). The highest BCUT2D eigenvalue weighted by molar-refractivity contribution is 8.30. The second kappa shape index (κ2) is 9.81. The predicted octanol–water partition coefficient (Wildman–Crippen LogP) is 3.73. The molecule has 1 atom stereocenters. The minimum atomic E-state index is -4.59. The molecule has 176 valence electrons. The summed E-state index contributed by atoms with van der Waals surface area (Å²) in [6.45, 7) is 0. The molecule has 0 aliphatic heterocycles. The minimum absolute atomic E-state index is 0.00639. The highest BCUT2D eigenvalue weighted by atomic mass is 32.8. The van der Waals surface area contributed by atoms with Gasteiger partial charge in [-0.25, -0.2) is 14.7 Å². The van der Waals surface area contributed by atoms with Gasteiger partial charge in [-0.15, -0.1) is 13.8 Å². The summed E-state index contributed by atoms with van der Waals surface area (Å²) in [6, 6.07) is 8.59.